The van der Waals surface area contributed by atoms with Gasteiger partial charge in [-0.1, -0.05) is 23.5 Å². The maximum Gasteiger partial charge on any atom is 0.338 e. The molecule has 0 aliphatic carbocycles. The Labute approximate surface area is 217 Å². The van der Waals surface area contributed by atoms with E-state index in [0.29, 0.717) is 26.7 Å². The molecule has 10 nitrogen and oxygen atoms in total. The maximum absolute atomic E-state index is 13.8. The molecule has 0 N–H and O–H groups in total. The van der Waals surface area contributed by atoms with Gasteiger partial charge in [0, 0.05) is 12.1 Å². The minimum atomic E-state index is -0.927. The molecule has 188 valence electrons. The van der Waals surface area contributed by atoms with E-state index in [2.05, 4.69) is 4.98 Å². The average molecular weight is 528 g/mol. The van der Waals surface area contributed by atoms with Crippen molar-refractivity contribution >= 4 is 55.2 Å². The quantitative estimate of drug-likeness (QED) is 0.172. The summed E-state index contributed by atoms with van der Waals surface area (Å²) in [6, 6.07) is 16.3. The number of rotatable bonds is 5. The number of nitro groups is 1. The third-order valence-corrected chi connectivity index (χ3v) is 7.31. The van der Waals surface area contributed by atoms with E-state index in [0.717, 1.165) is 0 Å². The molecule has 0 unspecified atom stereocenters. The monoisotopic (exact) mass is 527 g/mol. The van der Waals surface area contributed by atoms with E-state index in [1.165, 1.54) is 40.5 Å². The number of nitrogens with zero attached hydrogens (tertiary/aromatic N) is 3. The topological polar surface area (TPSA) is 133 Å². The van der Waals surface area contributed by atoms with Crippen LogP contribution in [0.25, 0.3) is 21.2 Å². The summed E-state index contributed by atoms with van der Waals surface area (Å²) in [6.07, 6.45) is 0. The minimum Gasteiger partial charge on any atom is -0.462 e. The molecule has 11 heteroatoms. The fourth-order valence-electron chi connectivity index (χ4n) is 4.57. The zero-order valence-electron chi connectivity index (χ0n) is 19.7. The first kappa shape index (κ1) is 23.5. The molecule has 0 radical (unpaired) electrons. The van der Waals surface area contributed by atoms with Crippen molar-refractivity contribution in [3.8, 4) is 0 Å². The number of fused-ring (bicyclic) bond motifs is 3. The van der Waals surface area contributed by atoms with Crippen LogP contribution in [0.15, 0.2) is 75.9 Å². The summed E-state index contributed by atoms with van der Waals surface area (Å²) in [4.78, 5) is 56.3. The average Bonchev–Trinajstić information content (AvgIpc) is 3.47. The third-order valence-electron chi connectivity index (χ3n) is 6.29. The standard InChI is InChI=1S/C27H17N3O7S/c1-2-36-26(33)15-9-12-18-20(13-15)38-27(28-18)29-22(14-7-10-16(11-8-14)30(34)35)21-23(31)17-5-3-4-6-19(17)37-24(21)25(29)32/h3-13,22H,2H2,1H3/t22-/m1/s1. The summed E-state index contributed by atoms with van der Waals surface area (Å²) in [7, 11) is 0. The van der Waals surface area contributed by atoms with Gasteiger partial charge in [0.15, 0.2) is 10.6 Å². The number of thiazole rings is 1. The Bertz CT molecular complexity index is 1840. The second-order valence-corrected chi connectivity index (χ2v) is 9.50. The van der Waals surface area contributed by atoms with Gasteiger partial charge in [-0.2, -0.15) is 0 Å². The summed E-state index contributed by atoms with van der Waals surface area (Å²) in [5.74, 6) is -1.14. The number of hydrogen-bond acceptors (Lipinski definition) is 9. The van der Waals surface area contributed by atoms with Crippen LogP contribution in [0.3, 0.4) is 0 Å². The molecule has 0 bridgehead atoms. The predicted octanol–water partition coefficient (Wildman–Crippen LogP) is 5.24. The molecule has 5 aromatic rings. The summed E-state index contributed by atoms with van der Waals surface area (Å²) < 4.78 is 11.7. The Morgan fingerprint density at radius 1 is 1.13 bits per heavy atom. The number of nitro benzene ring substituents is 1. The van der Waals surface area contributed by atoms with Gasteiger partial charge in [-0.05, 0) is 55.0 Å². The van der Waals surface area contributed by atoms with E-state index < -0.39 is 22.8 Å². The minimum absolute atomic E-state index is 0.108. The molecule has 1 atom stereocenters. The van der Waals surface area contributed by atoms with E-state index in [4.69, 9.17) is 9.15 Å². The lowest BCUT2D eigenvalue weighted by Crippen LogP contribution is -2.29. The largest absolute Gasteiger partial charge is 0.462 e. The molecule has 0 saturated heterocycles. The van der Waals surface area contributed by atoms with Gasteiger partial charge < -0.3 is 9.15 Å². The number of amides is 1. The van der Waals surface area contributed by atoms with Gasteiger partial charge in [-0.25, -0.2) is 9.78 Å². The first-order valence-electron chi connectivity index (χ1n) is 11.6. The van der Waals surface area contributed by atoms with E-state index in [9.17, 15) is 24.5 Å². The molecule has 0 saturated carbocycles. The number of anilines is 1. The van der Waals surface area contributed by atoms with Crippen LogP contribution < -0.4 is 10.3 Å². The first-order valence-corrected chi connectivity index (χ1v) is 12.4. The second kappa shape index (κ2) is 8.89. The molecule has 3 aromatic carbocycles. The van der Waals surface area contributed by atoms with Crippen molar-refractivity contribution in [2.24, 2.45) is 0 Å². The molecular weight excluding hydrogens is 510 g/mol. The number of carbonyl (C=O) groups excluding carboxylic acids is 2. The molecule has 38 heavy (non-hydrogen) atoms. The summed E-state index contributed by atoms with van der Waals surface area (Å²) in [5, 5.41) is 11.8. The molecule has 1 aliphatic heterocycles. The normalized spacial score (nSPS) is 14.7. The van der Waals surface area contributed by atoms with Crippen molar-refractivity contribution in [3.63, 3.8) is 0 Å². The van der Waals surface area contributed by atoms with Gasteiger partial charge in [-0.3, -0.25) is 24.6 Å². The van der Waals surface area contributed by atoms with Crippen LogP contribution in [0.4, 0.5) is 10.8 Å². The number of esters is 1. The maximum atomic E-state index is 13.8. The Balaban J connectivity index is 1.55. The molecule has 2 aromatic heterocycles. The van der Waals surface area contributed by atoms with Crippen LogP contribution in [0.2, 0.25) is 0 Å². The van der Waals surface area contributed by atoms with Gasteiger partial charge in [0.05, 0.1) is 44.3 Å². The third kappa shape index (κ3) is 3.63. The molecule has 3 heterocycles. The van der Waals surface area contributed by atoms with E-state index in [1.54, 1.807) is 49.4 Å². The highest BCUT2D eigenvalue weighted by molar-refractivity contribution is 7.22. The number of non-ortho nitro benzene ring substituents is 1. The van der Waals surface area contributed by atoms with E-state index in [-0.39, 0.29) is 39.8 Å². The van der Waals surface area contributed by atoms with Crippen LogP contribution in [0, 0.1) is 10.1 Å². The zero-order chi connectivity index (χ0) is 26.6. The van der Waals surface area contributed by atoms with Gasteiger partial charge in [0.1, 0.15) is 5.58 Å². The molecule has 0 spiro atoms. The number of para-hydroxylation sites is 1. The van der Waals surface area contributed by atoms with Crippen molar-refractivity contribution in [1.29, 1.82) is 0 Å². The number of aromatic nitrogens is 1. The van der Waals surface area contributed by atoms with Crippen LogP contribution in [-0.4, -0.2) is 28.4 Å². The van der Waals surface area contributed by atoms with Gasteiger partial charge in [-0.15, -0.1) is 0 Å². The lowest BCUT2D eigenvalue weighted by Gasteiger charge is -2.22. The molecule has 1 aliphatic rings. The van der Waals surface area contributed by atoms with Crippen molar-refractivity contribution in [2.45, 2.75) is 13.0 Å². The highest BCUT2D eigenvalue weighted by Crippen LogP contribution is 2.44. The smallest absolute Gasteiger partial charge is 0.338 e. The number of ether oxygens (including phenoxy) is 1. The van der Waals surface area contributed by atoms with Crippen LogP contribution >= 0.6 is 11.3 Å². The predicted molar refractivity (Wildman–Crippen MR) is 140 cm³/mol. The Hall–Kier alpha value is -4.90. The van der Waals surface area contributed by atoms with Crippen molar-refractivity contribution in [1.82, 2.24) is 4.98 Å². The number of carbonyl (C=O) groups is 2. The highest BCUT2D eigenvalue weighted by Gasteiger charge is 2.45. The van der Waals surface area contributed by atoms with E-state index in [1.807, 2.05) is 0 Å². The van der Waals surface area contributed by atoms with Gasteiger partial charge >= 0.3 is 5.97 Å². The fourth-order valence-corrected chi connectivity index (χ4v) is 5.60. The van der Waals surface area contributed by atoms with Crippen molar-refractivity contribution in [2.75, 3.05) is 11.5 Å². The van der Waals surface area contributed by atoms with Gasteiger partial charge in [0.2, 0.25) is 5.76 Å². The van der Waals surface area contributed by atoms with Gasteiger partial charge in [0.25, 0.3) is 11.6 Å². The SMILES string of the molecule is CCOC(=O)c1ccc2nc(N3C(=O)c4oc5ccccc5c(=O)c4[C@H]3c3ccc([N+](=O)[O-])cc3)sc2c1. The lowest BCUT2D eigenvalue weighted by atomic mass is 9.98. The van der Waals surface area contributed by atoms with E-state index >= 15 is 0 Å². The Morgan fingerprint density at radius 2 is 1.89 bits per heavy atom. The molecule has 6 rings (SSSR count). The second-order valence-electron chi connectivity index (χ2n) is 8.50. The first-order chi connectivity index (χ1) is 18.4. The number of hydrogen-bond donors (Lipinski definition) is 0. The Morgan fingerprint density at radius 3 is 2.63 bits per heavy atom. The summed E-state index contributed by atoms with van der Waals surface area (Å²) >= 11 is 1.17. The molecule has 0 fully saturated rings. The zero-order valence-corrected chi connectivity index (χ0v) is 20.6. The lowest BCUT2D eigenvalue weighted by molar-refractivity contribution is -0.384. The van der Waals surface area contributed by atoms with Crippen molar-refractivity contribution < 1.29 is 23.7 Å². The fraction of sp³-hybridized carbons (Fsp3) is 0.111. The Kier molecular flexibility index (Phi) is 5.50. The van der Waals surface area contributed by atoms with Crippen LogP contribution in [0.5, 0.6) is 0 Å². The van der Waals surface area contributed by atoms with Crippen molar-refractivity contribution in [3.05, 3.63) is 110 Å². The molecular formula is C27H17N3O7S. The summed E-state index contributed by atoms with van der Waals surface area (Å²) in [6.45, 7) is 1.95. The van der Waals surface area contributed by atoms with Crippen LogP contribution in [0.1, 0.15) is 45.0 Å². The van der Waals surface area contributed by atoms with Crippen LogP contribution in [-0.2, 0) is 4.74 Å². The highest BCUT2D eigenvalue weighted by atomic mass is 32.1. The number of benzene rings is 3. The molecule has 1 amide bonds. The summed E-state index contributed by atoms with van der Waals surface area (Å²) in [5.41, 5.74) is 1.30.